The standard InChI is InChI=1S/C20H19BrN2O2/c1-11-10-17(21)20-18(12(11)2)15-4-3-5-16(15)19(22-20)13-6-8-14(9-7-13)23(24)25/h3-4,6-10,15-16,19,22H,5H2,1-2H3/t15-,16-,19-/m1/s1. The van der Waals surface area contributed by atoms with Gasteiger partial charge >= 0.3 is 0 Å². The molecule has 0 aromatic heterocycles. The van der Waals surface area contributed by atoms with Gasteiger partial charge in [-0.3, -0.25) is 10.1 Å². The van der Waals surface area contributed by atoms with Gasteiger partial charge in [0.25, 0.3) is 5.69 Å². The third-order valence-corrected chi connectivity index (χ3v) is 6.21. The number of nitro benzene ring substituents is 1. The van der Waals surface area contributed by atoms with Gasteiger partial charge in [0.15, 0.2) is 0 Å². The first-order chi connectivity index (χ1) is 12.0. The Morgan fingerprint density at radius 2 is 1.96 bits per heavy atom. The van der Waals surface area contributed by atoms with E-state index in [1.54, 1.807) is 12.1 Å². The van der Waals surface area contributed by atoms with Crippen LogP contribution in [0.25, 0.3) is 0 Å². The van der Waals surface area contributed by atoms with Gasteiger partial charge in [-0.2, -0.15) is 0 Å². The number of rotatable bonds is 2. The van der Waals surface area contributed by atoms with E-state index in [2.05, 4.69) is 53.3 Å². The van der Waals surface area contributed by atoms with Crippen LogP contribution in [0.15, 0.2) is 47.0 Å². The van der Waals surface area contributed by atoms with Gasteiger partial charge in [-0.25, -0.2) is 0 Å². The van der Waals surface area contributed by atoms with E-state index >= 15 is 0 Å². The van der Waals surface area contributed by atoms with E-state index in [4.69, 9.17) is 0 Å². The average Bonchev–Trinajstić information content (AvgIpc) is 3.08. The van der Waals surface area contributed by atoms with Crippen molar-refractivity contribution in [2.45, 2.75) is 32.2 Å². The molecule has 5 heteroatoms. The fraction of sp³-hybridized carbons (Fsp3) is 0.300. The smallest absolute Gasteiger partial charge is 0.269 e. The number of anilines is 1. The first-order valence-electron chi connectivity index (χ1n) is 8.44. The number of nitrogens with zero attached hydrogens (tertiary/aromatic N) is 1. The number of allylic oxidation sites excluding steroid dienone is 2. The van der Waals surface area contributed by atoms with Crippen LogP contribution in [0, 0.1) is 29.9 Å². The van der Waals surface area contributed by atoms with Crippen LogP contribution in [0.3, 0.4) is 0 Å². The molecular weight excluding hydrogens is 380 g/mol. The molecule has 4 nitrogen and oxygen atoms in total. The summed E-state index contributed by atoms with van der Waals surface area (Å²) in [6.45, 7) is 4.34. The van der Waals surface area contributed by atoms with Crippen molar-refractivity contribution in [1.82, 2.24) is 0 Å². The Morgan fingerprint density at radius 3 is 2.64 bits per heavy atom. The van der Waals surface area contributed by atoms with Crippen LogP contribution in [0.5, 0.6) is 0 Å². The Kier molecular flexibility index (Phi) is 3.91. The molecule has 0 amide bonds. The minimum absolute atomic E-state index is 0.133. The Bertz CT molecular complexity index is 890. The number of benzene rings is 2. The van der Waals surface area contributed by atoms with E-state index < -0.39 is 0 Å². The molecule has 2 aromatic carbocycles. The Balaban J connectivity index is 1.80. The van der Waals surface area contributed by atoms with Gasteiger partial charge in [0, 0.05) is 22.5 Å². The normalized spacial score (nSPS) is 23.7. The predicted octanol–water partition coefficient (Wildman–Crippen LogP) is 5.80. The van der Waals surface area contributed by atoms with Crippen LogP contribution in [0.2, 0.25) is 0 Å². The number of aryl methyl sites for hydroxylation is 1. The van der Waals surface area contributed by atoms with E-state index in [1.165, 1.54) is 16.7 Å². The van der Waals surface area contributed by atoms with E-state index in [9.17, 15) is 10.1 Å². The molecule has 1 heterocycles. The summed E-state index contributed by atoms with van der Waals surface area (Å²) in [5, 5.41) is 14.6. The van der Waals surface area contributed by atoms with Crippen LogP contribution in [0.1, 0.15) is 40.6 Å². The zero-order chi connectivity index (χ0) is 17.7. The third-order valence-electron chi connectivity index (χ3n) is 5.58. The van der Waals surface area contributed by atoms with Crippen LogP contribution in [-0.4, -0.2) is 4.92 Å². The molecule has 0 spiro atoms. The predicted molar refractivity (Wildman–Crippen MR) is 103 cm³/mol. The second-order valence-corrected chi connectivity index (χ2v) is 7.77. The molecule has 1 aliphatic carbocycles. The molecule has 25 heavy (non-hydrogen) atoms. The van der Waals surface area contributed by atoms with Crippen molar-refractivity contribution < 1.29 is 4.92 Å². The topological polar surface area (TPSA) is 55.2 Å². The average molecular weight is 399 g/mol. The third kappa shape index (κ3) is 2.58. The summed E-state index contributed by atoms with van der Waals surface area (Å²) in [5.41, 5.74) is 6.39. The SMILES string of the molecule is Cc1cc(Br)c2c(c1C)[C@@H]1C=CC[C@H]1[C@@H](c1ccc([N+](=O)[O-])cc1)N2. The fourth-order valence-electron chi connectivity index (χ4n) is 4.18. The van der Waals surface area contributed by atoms with Crippen molar-refractivity contribution in [3.63, 3.8) is 0 Å². The second-order valence-electron chi connectivity index (χ2n) is 6.91. The van der Waals surface area contributed by atoms with Crippen LogP contribution in [-0.2, 0) is 0 Å². The molecule has 1 aliphatic heterocycles. The van der Waals surface area contributed by atoms with Gasteiger partial charge in [-0.1, -0.05) is 24.3 Å². The number of fused-ring (bicyclic) bond motifs is 3. The first kappa shape index (κ1) is 16.3. The van der Waals surface area contributed by atoms with Gasteiger partial charge in [-0.15, -0.1) is 0 Å². The number of nitrogens with one attached hydrogen (secondary N) is 1. The maximum absolute atomic E-state index is 10.9. The monoisotopic (exact) mass is 398 g/mol. The molecule has 2 aromatic rings. The highest BCUT2D eigenvalue weighted by molar-refractivity contribution is 9.10. The van der Waals surface area contributed by atoms with Crippen molar-refractivity contribution in [2.75, 3.05) is 5.32 Å². The number of hydrogen-bond donors (Lipinski definition) is 1. The number of hydrogen-bond acceptors (Lipinski definition) is 3. The maximum atomic E-state index is 10.9. The van der Waals surface area contributed by atoms with Crippen LogP contribution < -0.4 is 5.32 Å². The van der Waals surface area contributed by atoms with E-state index in [0.717, 1.165) is 22.1 Å². The zero-order valence-electron chi connectivity index (χ0n) is 14.1. The molecule has 1 N–H and O–H groups in total. The van der Waals surface area contributed by atoms with Gasteiger partial charge < -0.3 is 5.32 Å². The summed E-state index contributed by atoms with van der Waals surface area (Å²) in [6.07, 6.45) is 5.60. The van der Waals surface area contributed by atoms with E-state index in [0.29, 0.717) is 11.8 Å². The molecule has 0 radical (unpaired) electrons. The van der Waals surface area contributed by atoms with Crippen molar-refractivity contribution >= 4 is 27.3 Å². The maximum Gasteiger partial charge on any atom is 0.269 e. The molecule has 0 saturated heterocycles. The largest absolute Gasteiger partial charge is 0.377 e. The summed E-state index contributed by atoms with van der Waals surface area (Å²) in [7, 11) is 0. The number of halogens is 1. The molecule has 0 bridgehead atoms. The van der Waals surface area contributed by atoms with Crippen molar-refractivity contribution in [3.8, 4) is 0 Å². The summed E-state index contributed by atoms with van der Waals surface area (Å²) in [4.78, 5) is 10.6. The van der Waals surface area contributed by atoms with Gasteiger partial charge in [0.1, 0.15) is 0 Å². The first-order valence-corrected chi connectivity index (χ1v) is 9.24. The second kappa shape index (κ2) is 5.99. The minimum Gasteiger partial charge on any atom is -0.377 e. The van der Waals surface area contributed by atoms with Crippen LogP contribution >= 0.6 is 15.9 Å². The Morgan fingerprint density at radius 1 is 1.24 bits per heavy atom. The van der Waals surface area contributed by atoms with Crippen molar-refractivity contribution in [3.05, 3.63) is 79.3 Å². The highest BCUT2D eigenvalue weighted by Crippen LogP contribution is 2.53. The summed E-state index contributed by atoms with van der Waals surface area (Å²) in [6, 6.07) is 9.26. The Labute approximate surface area is 155 Å². The Hall–Kier alpha value is -2.14. The molecule has 2 aliphatic rings. The highest BCUT2D eigenvalue weighted by atomic mass is 79.9. The lowest BCUT2D eigenvalue weighted by Gasteiger charge is -2.39. The van der Waals surface area contributed by atoms with Gasteiger partial charge in [-0.05, 0) is 70.4 Å². The lowest BCUT2D eigenvalue weighted by atomic mass is 9.75. The zero-order valence-corrected chi connectivity index (χ0v) is 15.7. The minimum atomic E-state index is -0.351. The van der Waals surface area contributed by atoms with E-state index in [1.807, 2.05) is 12.1 Å². The fourth-order valence-corrected chi connectivity index (χ4v) is 4.86. The lowest BCUT2D eigenvalue weighted by molar-refractivity contribution is -0.384. The quantitative estimate of drug-likeness (QED) is 0.395. The van der Waals surface area contributed by atoms with E-state index in [-0.39, 0.29) is 16.7 Å². The van der Waals surface area contributed by atoms with Crippen molar-refractivity contribution in [1.29, 1.82) is 0 Å². The molecule has 0 saturated carbocycles. The number of non-ortho nitro benzene ring substituents is 1. The lowest BCUT2D eigenvalue weighted by Crippen LogP contribution is -2.30. The summed E-state index contributed by atoms with van der Waals surface area (Å²) in [5.74, 6) is 0.814. The highest BCUT2D eigenvalue weighted by Gasteiger charge is 2.39. The molecule has 0 fully saturated rings. The molecule has 128 valence electrons. The molecule has 3 atom stereocenters. The number of nitro groups is 1. The molecule has 0 unspecified atom stereocenters. The van der Waals surface area contributed by atoms with Gasteiger partial charge in [0.2, 0.25) is 0 Å². The summed E-state index contributed by atoms with van der Waals surface area (Å²) >= 11 is 3.72. The summed E-state index contributed by atoms with van der Waals surface area (Å²) < 4.78 is 1.08. The van der Waals surface area contributed by atoms with Crippen LogP contribution in [0.4, 0.5) is 11.4 Å². The molecular formula is C20H19BrN2O2. The molecule has 4 rings (SSSR count). The van der Waals surface area contributed by atoms with Crippen molar-refractivity contribution in [2.24, 2.45) is 5.92 Å². The van der Waals surface area contributed by atoms with Gasteiger partial charge in [0.05, 0.1) is 16.7 Å².